The number of benzene rings is 2. The fourth-order valence-corrected chi connectivity index (χ4v) is 2.36. The van der Waals surface area contributed by atoms with Crippen molar-refractivity contribution in [1.29, 1.82) is 0 Å². The first-order valence-electron chi connectivity index (χ1n) is 7.51. The molecule has 3 aromatic rings. The van der Waals surface area contributed by atoms with Crippen molar-refractivity contribution in [2.45, 2.75) is 6.54 Å². The summed E-state index contributed by atoms with van der Waals surface area (Å²) in [5.74, 6) is 0.448. The molecular formula is C19H16ClN3O. The van der Waals surface area contributed by atoms with Gasteiger partial charge in [0, 0.05) is 17.2 Å². The Morgan fingerprint density at radius 1 is 1.08 bits per heavy atom. The smallest absolute Gasteiger partial charge is 0.249 e. The van der Waals surface area contributed by atoms with Gasteiger partial charge in [-0.05, 0) is 29.3 Å². The second kappa shape index (κ2) is 7.62. The van der Waals surface area contributed by atoms with Gasteiger partial charge in [-0.25, -0.2) is 4.68 Å². The first kappa shape index (κ1) is 16.0. The Morgan fingerprint density at radius 3 is 2.58 bits per heavy atom. The van der Waals surface area contributed by atoms with E-state index >= 15 is 0 Å². The Labute approximate surface area is 145 Å². The number of carbonyl (C=O) groups excluding carboxylic acids is 1. The van der Waals surface area contributed by atoms with E-state index in [0.717, 1.165) is 11.1 Å². The predicted octanol–water partition coefficient (Wildman–Crippen LogP) is 4.24. The average Bonchev–Trinajstić information content (AvgIpc) is 3.03. The summed E-state index contributed by atoms with van der Waals surface area (Å²) in [6.45, 7) is 0.558. The molecule has 2 aromatic carbocycles. The van der Waals surface area contributed by atoms with E-state index < -0.39 is 0 Å². The van der Waals surface area contributed by atoms with Gasteiger partial charge in [-0.2, -0.15) is 5.10 Å². The lowest BCUT2D eigenvalue weighted by molar-refractivity contribution is -0.111. The van der Waals surface area contributed by atoms with Crippen LogP contribution >= 0.6 is 11.6 Å². The molecule has 0 unspecified atom stereocenters. The standard InChI is InChI=1S/C19H16ClN3O/c20-17-9-6-16(7-10-17)14-23-18(12-13-21-23)22-19(24)11-8-15-4-2-1-3-5-15/h1-13H,14H2,(H,22,24)/b11-8+. The number of nitrogens with zero attached hydrogens (tertiary/aromatic N) is 2. The fraction of sp³-hybridized carbons (Fsp3) is 0.0526. The van der Waals surface area contributed by atoms with Gasteiger partial charge in [0.05, 0.1) is 12.7 Å². The normalized spacial score (nSPS) is 10.9. The molecule has 0 aliphatic heterocycles. The number of hydrogen-bond acceptors (Lipinski definition) is 2. The first-order valence-corrected chi connectivity index (χ1v) is 7.89. The maximum Gasteiger partial charge on any atom is 0.249 e. The molecule has 0 aliphatic rings. The highest BCUT2D eigenvalue weighted by Crippen LogP contribution is 2.13. The third-order valence-corrected chi connectivity index (χ3v) is 3.69. The third kappa shape index (κ3) is 4.33. The average molecular weight is 338 g/mol. The van der Waals surface area contributed by atoms with E-state index in [4.69, 9.17) is 11.6 Å². The molecule has 0 bridgehead atoms. The summed E-state index contributed by atoms with van der Waals surface area (Å²) in [6.07, 6.45) is 4.94. The monoisotopic (exact) mass is 337 g/mol. The van der Waals surface area contributed by atoms with Gasteiger partial charge in [0.15, 0.2) is 0 Å². The van der Waals surface area contributed by atoms with Gasteiger partial charge >= 0.3 is 0 Å². The van der Waals surface area contributed by atoms with Gasteiger partial charge in [-0.1, -0.05) is 54.1 Å². The van der Waals surface area contributed by atoms with Crippen molar-refractivity contribution < 1.29 is 4.79 Å². The molecule has 0 saturated carbocycles. The number of rotatable bonds is 5. The number of aromatic nitrogens is 2. The highest BCUT2D eigenvalue weighted by molar-refractivity contribution is 6.30. The zero-order chi connectivity index (χ0) is 16.8. The van der Waals surface area contributed by atoms with Crippen molar-refractivity contribution in [2.24, 2.45) is 0 Å². The van der Waals surface area contributed by atoms with Crippen LogP contribution in [0.25, 0.3) is 6.08 Å². The third-order valence-electron chi connectivity index (χ3n) is 3.44. The molecule has 3 rings (SSSR count). The summed E-state index contributed by atoms with van der Waals surface area (Å²) in [4.78, 5) is 12.1. The molecule has 0 saturated heterocycles. The van der Waals surface area contributed by atoms with Crippen LogP contribution in [0.3, 0.4) is 0 Å². The number of nitrogens with one attached hydrogen (secondary N) is 1. The topological polar surface area (TPSA) is 46.9 Å². The summed E-state index contributed by atoms with van der Waals surface area (Å²) >= 11 is 5.89. The van der Waals surface area contributed by atoms with Crippen molar-refractivity contribution in [3.8, 4) is 0 Å². The van der Waals surface area contributed by atoms with Crippen molar-refractivity contribution in [1.82, 2.24) is 9.78 Å². The van der Waals surface area contributed by atoms with Crippen LogP contribution < -0.4 is 5.32 Å². The Morgan fingerprint density at radius 2 is 1.83 bits per heavy atom. The Hall–Kier alpha value is -2.85. The molecule has 24 heavy (non-hydrogen) atoms. The van der Waals surface area contributed by atoms with Crippen molar-refractivity contribution in [2.75, 3.05) is 5.32 Å². The molecule has 0 spiro atoms. The van der Waals surface area contributed by atoms with Gasteiger partial charge in [0.1, 0.15) is 5.82 Å². The largest absolute Gasteiger partial charge is 0.307 e. The molecule has 0 radical (unpaired) electrons. The van der Waals surface area contributed by atoms with E-state index in [0.29, 0.717) is 17.4 Å². The van der Waals surface area contributed by atoms with Gasteiger partial charge in [-0.3, -0.25) is 4.79 Å². The molecular weight excluding hydrogens is 322 g/mol. The zero-order valence-electron chi connectivity index (χ0n) is 12.9. The van der Waals surface area contributed by atoms with Gasteiger partial charge < -0.3 is 5.32 Å². The van der Waals surface area contributed by atoms with Gasteiger partial charge in [0.25, 0.3) is 0 Å². The molecule has 1 amide bonds. The minimum Gasteiger partial charge on any atom is -0.307 e. The van der Waals surface area contributed by atoms with E-state index in [-0.39, 0.29) is 5.91 Å². The van der Waals surface area contributed by atoms with Crippen LogP contribution in [0.4, 0.5) is 5.82 Å². The number of anilines is 1. The SMILES string of the molecule is O=C(/C=C/c1ccccc1)Nc1ccnn1Cc1ccc(Cl)cc1. The fourth-order valence-electron chi connectivity index (χ4n) is 2.23. The molecule has 4 nitrogen and oxygen atoms in total. The number of amides is 1. The van der Waals surface area contributed by atoms with Crippen LogP contribution in [0.2, 0.25) is 5.02 Å². The molecule has 5 heteroatoms. The number of halogens is 1. The highest BCUT2D eigenvalue weighted by atomic mass is 35.5. The van der Waals surface area contributed by atoms with Crippen LogP contribution in [0.5, 0.6) is 0 Å². The van der Waals surface area contributed by atoms with Crippen LogP contribution in [0.15, 0.2) is 72.9 Å². The second-order valence-electron chi connectivity index (χ2n) is 5.23. The minimum atomic E-state index is -0.197. The second-order valence-corrected chi connectivity index (χ2v) is 5.67. The predicted molar refractivity (Wildman–Crippen MR) is 96.9 cm³/mol. The molecule has 0 aliphatic carbocycles. The quantitative estimate of drug-likeness (QED) is 0.708. The molecule has 120 valence electrons. The highest BCUT2D eigenvalue weighted by Gasteiger charge is 2.06. The van der Waals surface area contributed by atoms with Crippen molar-refractivity contribution in [3.63, 3.8) is 0 Å². The summed E-state index contributed by atoms with van der Waals surface area (Å²) < 4.78 is 1.73. The van der Waals surface area contributed by atoms with E-state index in [9.17, 15) is 4.79 Å². The first-order chi connectivity index (χ1) is 11.7. The summed E-state index contributed by atoms with van der Waals surface area (Å²) in [6, 6.07) is 19.0. The maximum absolute atomic E-state index is 12.1. The lowest BCUT2D eigenvalue weighted by Gasteiger charge is -2.08. The van der Waals surface area contributed by atoms with E-state index in [2.05, 4.69) is 10.4 Å². The van der Waals surface area contributed by atoms with Crippen LogP contribution in [0.1, 0.15) is 11.1 Å². The Kier molecular flexibility index (Phi) is 5.08. The molecule has 1 aromatic heterocycles. The van der Waals surface area contributed by atoms with Gasteiger partial charge in [-0.15, -0.1) is 0 Å². The van der Waals surface area contributed by atoms with Crippen molar-refractivity contribution in [3.05, 3.63) is 89.1 Å². The van der Waals surface area contributed by atoms with E-state index in [1.807, 2.05) is 54.6 Å². The number of carbonyl (C=O) groups is 1. The Bertz CT molecular complexity index is 839. The van der Waals surface area contributed by atoms with Crippen molar-refractivity contribution >= 4 is 29.4 Å². The molecule has 1 heterocycles. The minimum absolute atomic E-state index is 0.197. The van der Waals surface area contributed by atoms with Gasteiger partial charge in [0.2, 0.25) is 5.91 Å². The summed E-state index contributed by atoms with van der Waals surface area (Å²) in [5, 5.41) is 7.78. The lowest BCUT2D eigenvalue weighted by Crippen LogP contribution is -2.13. The van der Waals surface area contributed by atoms with E-state index in [1.54, 1.807) is 23.0 Å². The molecule has 1 N–H and O–H groups in total. The summed E-state index contributed by atoms with van der Waals surface area (Å²) in [7, 11) is 0. The molecule has 0 atom stereocenters. The molecule has 0 fully saturated rings. The maximum atomic E-state index is 12.1. The summed E-state index contributed by atoms with van der Waals surface area (Å²) in [5.41, 5.74) is 2.03. The number of hydrogen-bond donors (Lipinski definition) is 1. The lowest BCUT2D eigenvalue weighted by atomic mass is 10.2. The van der Waals surface area contributed by atoms with Crippen LogP contribution in [0, 0.1) is 0 Å². The Balaban J connectivity index is 1.65. The van der Waals surface area contributed by atoms with Crippen LogP contribution in [-0.4, -0.2) is 15.7 Å². The van der Waals surface area contributed by atoms with E-state index in [1.165, 1.54) is 6.08 Å². The van der Waals surface area contributed by atoms with Crippen LogP contribution in [-0.2, 0) is 11.3 Å². The zero-order valence-corrected chi connectivity index (χ0v) is 13.6.